The van der Waals surface area contributed by atoms with Crippen LogP contribution in [-0.2, 0) is 32.3 Å². The molecule has 0 aliphatic rings. The Balaban J connectivity index is -0.0000000183. The first-order valence-corrected chi connectivity index (χ1v) is 1.35. The molecule has 0 heterocycles. The Labute approximate surface area is 175 Å². The van der Waals surface area contributed by atoms with Crippen LogP contribution in [0, 0.1) is 0 Å². The molecule has 0 aliphatic heterocycles. The fraction of sp³-hybridized carbons (Fsp3) is 0. The summed E-state index contributed by atoms with van der Waals surface area (Å²) in [6.07, 6.45) is 0. The van der Waals surface area contributed by atoms with Gasteiger partial charge in [-0.1, -0.05) is 0 Å². The van der Waals surface area contributed by atoms with Crippen molar-refractivity contribution in [2.75, 3.05) is 0 Å². The summed E-state index contributed by atoms with van der Waals surface area (Å²) in [6, 6.07) is 0. The van der Waals surface area contributed by atoms with Crippen molar-refractivity contribution >= 4 is 144 Å². The van der Waals surface area contributed by atoms with Crippen molar-refractivity contribution in [2.24, 2.45) is 0 Å². The molecule has 0 spiro atoms. The average molecular weight is 449 g/mol. The summed E-state index contributed by atoms with van der Waals surface area (Å²) in [5, 5.41) is 6.95. The molecule has 0 atom stereocenters. The van der Waals surface area contributed by atoms with E-state index in [4.69, 9.17) is 13.5 Å². The predicted octanol–water partition coefficient (Wildman–Crippen LogP) is -1.34. The minimum absolute atomic E-state index is 0. The van der Waals surface area contributed by atoms with Crippen LogP contribution in [0.25, 0.3) is 0 Å². The van der Waals surface area contributed by atoms with Gasteiger partial charge in [0, 0.05) is 138 Å². The van der Waals surface area contributed by atoms with Gasteiger partial charge in [-0.15, -0.1) is 0 Å². The molecular formula is CHCs2O4Pd-. The van der Waals surface area contributed by atoms with Crippen LogP contribution >= 0.6 is 0 Å². The van der Waals surface area contributed by atoms with Crippen LogP contribution in [0.5, 0.6) is 0 Å². The first-order chi connectivity index (χ1) is 2.91. The fourth-order valence-corrected chi connectivity index (χ4v) is 0. The van der Waals surface area contributed by atoms with E-state index in [1.54, 1.807) is 0 Å². The van der Waals surface area contributed by atoms with Crippen molar-refractivity contribution in [1.82, 2.24) is 0 Å². The van der Waals surface area contributed by atoms with E-state index in [0.717, 1.165) is 6.47 Å². The zero-order chi connectivity index (χ0) is 5.41. The normalized spacial score (nSPS) is 3.38. The molecule has 42 valence electrons. The van der Waals surface area contributed by atoms with Gasteiger partial charge in [0.2, 0.25) is 0 Å². The molecule has 2 radical (unpaired) electrons. The van der Waals surface area contributed by atoms with Gasteiger partial charge in [-0.3, -0.25) is 0 Å². The second kappa shape index (κ2) is 30.6. The van der Waals surface area contributed by atoms with Crippen molar-refractivity contribution in [3.05, 3.63) is 0 Å². The van der Waals surface area contributed by atoms with E-state index in [1.807, 2.05) is 0 Å². The summed E-state index contributed by atoms with van der Waals surface area (Å²) < 4.78 is 8.10. The molecule has 0 fully saturated rings. The Morgan fingerprint density at radius 1 is 1.38 bits per heavy atom. The summed E-state index contributed by atoms with van der Waals surface area (Å²) in [7, 11) is 0. The Morgan fingerprint density at radius 3 is 1.50 bits per heavy atom. The molecule has 4 nitrogen and oxygen atoms in total. The average Bonchev–Trinajstić information content (AvgIpc) is 1.72. The van der Waals surface area contributed by atoms with Gasteiger partial charge in [-0.2, -0.15) is 0 Å². The van der Waals surface area contributed by atoms with Crippen molar-refractivity contribution in [3.63, 3.8) is 0 Å². The standard InChI is InChI=1S/CHO3.2Cs.O.Pd/c2-1-4-3;;;;/h3H;;;;/q-1;;;;. The number of hydrogen-bond acceptors (Lipinski definition) is 4. The number of hydrogen-bond donors (Lipinski definition) is 1. The quantitative estimate of drug-likeness (QED) is 0.233. The second-order valence-corrected chi connectivity index (χ2v) is 0.175. The molecule has 0 bridgehead atoms. The molecule has 0 rings (SSSR count). The van der Waals surface area contributed by atoms with E-state index >= 15 is 0 Å². The second-order valence-electron chi connectivity index (χ2n) is 0.175. The predicted molar refractivity (Wildman–Crippen MR) is 21.6 cm³/mol. The van der Waals surface area contributed by atoms with Crippen molar-refractivity contribution in [1.29, 1.82) is 0 Å². The van der Waals surface area contributed by atoms with Gasteiger partial charge in [0.25, 0.3) is 0 Å². The monoisotopic (exact) mass is 449 g/mol. The van der Waals surface area contributed by atoms with E-state index in [9.17, 15) is 0 Å². The third kappa shape index (κ3) is 32.4. The van der Waals surface area contributed by atoms with E-state index in [0.29, 0.717) is 0 Å². The molecule has 0 aromatic rings. The molecule has 0 saturated heterocycles. The number of rotatable bonds is 1. The molecule has 0 aliphatic carbocycles. The molecule has 0 amide bonds. The number of carbonyl (C=O) groups excluding carboxylic acids is 1. The molecular weight excluding hydrogens is 448 g/mol. The van der Waals surface area contributed by atoms with Gasteiger partial charge in [0.1, 0.15) is 0 Å². The first-order valence-electron chi connectivity index (χ1n) is 0.720. The van der Waals surface area contributed by atoms with Crippen molar-refractivity contribution < 1.29 is 37.6 Å². The van der Waals surface area contributed by atoms with Crippen LogP contribution in [0.15, 0.2) is 0 Å². The maximum absolute atomic E-state index is 8.58. The van der Waals surface area contributed by atoms with E-state index in [1.165, 1.54) is 19.2 Å². The summed E-state index contributed by atoms with van der Waals surface area (Å²) in [5.41, 5.74) is 0. The van der Waals surface area contributed by atoms with Crippen LogP contribution in [0.1, 0.15) is 0 Å². The Kier molecular flexibility index (Phi) is 86.7. The van der Waals surface area contributed by atoms with E-state index in [2.05, 4.69) is 4.89 Å². The van der Waals surface area contributed by atoms with Crippen LogP contribution in [-0.4, -0.2) is 150 Å². The van der Waals surface area contributed by atoms with Gasteiger partial charge in [0.15, 0.2) is 0 Å². The molecule has 0 aromatic carbocycles. The van der Waals surface area contributed by atoms with Crippen LogP contribution in [0.3, 0.4) is 0 Å². The zero-order valence-electron chi connectivity index (χ0n) is 4.49. The molecule has 0 saturated carbocycles. The molecule has 0 aromatic heterocycles. The fourth-order valence-electron chi connectivity index (χ4n) is 0. The maximum atomic E-state index is 8.58. The summed E-state index contributed by atoms with van der Waals surface area (Å²) in [6.45, 7) is 0.736. The van der Waals surface area contributed by atoms with Gasteiger partial charge in [-0.25, -0.2) is 5.26 Å². The zero-order valence-corrected chi connectivity index (χ0v) is 18.6. The molecule has 0 unspecified atom stereocenters. The molecule has 7 heteroatoms. The third-order valence-electron chi connectivity index (χ3n) is 0.0373. The van der Waals surface area contributed by atoms with Gasteiger partial charge in [0.05, 0.1) is 0 Å². The summed E-state index contributed by atoms with van der Waals surface area (Å²) in [4.78, 5) is 11.3. The Morgan fingerprint density at radius 2 is 1.50 bits per heavy atom. The van der Waals surface area contributed by atoms with E-state index in [-0.39, 0.29) is 138 Å². The van der Waals surface area contributed by atoms with Crippen LogP contribution < -0.4 is 0 Å². The third-order valence-corrected chi connectivity index (χ3v) is 0.0373. The van der Waals surface area contributed by atoms with Crippen LogP contribution in [0.2, 0.25) is 0 Å². The molecule has 8 heavy (non-hydrogen) atoms. The van der Waals surface area contributed by atoms with E-state index < -0.39 is 0 Å². The summed E-state index contributed by atoms with van der Waals surface area (Å²) >= 11 is 1.50. The van der Waals surface area contributed by atoms with Gasteiger partial charge in [-0.05, 0) is 6.47 Å². The minimum atomic E-state index is 0. The Hall–Kier alpha value is 4.00. The molecule has 1 N–H and O–H groups in total. The van der Waals surface area contributed by atoms with Crippen LogP contribution in [0.4, 0.5) is 0 Å². The van der Waals surface area contributed by atoms with Crippen molar-refractivity contribution in [2.45, 2.75) is 0 Å². The van der Waals surface area contributed by atoms with Gasteiger partial charge >= 0.3 is 22.6 Å². The van der Waals surface area contributed by atoms with Crippen molar-refractivity contribution in [3.8, 4) is 0 Å². The first kappa shape index (κ1) is 22.7. The summed E-state index contributed by atoms with van der Waals surface area (Å²) in [5.74, 6) is 0. The Bertz CT molecular complexity index is 35.2. The SMILES string of the molecule is O=[C-]OO.[Cs].[Cs].[O]=[Pd]. The van der Waals surface area contributed by atoms with Gasteiger partial charge < -0.3 is 9.68 Å². The topological polar surface area (TPSA) is 63.6 Å².